The number of nitrogens with one attached hydrogen (secondary N) is 2. The average Bonchev–Trinajstić information content (AvgIpc) is 2.78. The molecular weight excluding hydrogens is 507 g/mol. The molecular formula is C23H43IN4O3. The third-order valence-corrected chi connectivity index (χ3v) is 4.76. The van der Waals surface area contributed by atoms with E-state index in [-0.39, 0.29) is 24.0 Å². The van der Waals surface area contributed by atoms with Crippen LogP contribution < -0.4 is 15.4 Å². The van der Waals surface area contributed by atoms with Crippen LogP contribution in [0.2, 0.25) is 0 Å². The number of halogens is 1. The van der Waals surface area contributed by atoms with E-state index in [1.54, 1.807) is 7.05 Å². The number of unbranched alkanes of at least 4 members (excludes halogenated alkanes) is 1. The van der Waals surface area contributed by atoms with E-state index in [4.69, 9.17) is 14.2 Å². The maximum Gasteiger partial charge on any atom is 0.191 e. The Morgan fingerprint density at radius 2 is 1.65 bits per heavy atom. The maximum absolute atomic E-state index is 6.02. The Labute approximate surface area is 206 Å². The van der Waals surface area contributed by atoms with Crippen molar-refractivity contribution in [3.05, 3.63) is 29.8 Å². The number of hydrogen-bond donors (Lipinski definition) is 2. The second-order valence-corrected chi connectivity index (χ2v) is 6.91. The highest BCUT2D eigenvalue weighted by atomic mass is 127. The summed E-state index contributed by atoms with van der Waals surface area (Å²) >= 11 is 0. The smallest absolute Gasteiger partial charge is 0.191 e. The van der Waals surface area contributed by atoms with E-state index in [2.05, 4.69) is 47.4 Å². The van der Waals surface area contributed by atoms with Gasteiger partial charge < -0.3 is 29.7 Å². The summed E-state index contributed by atoms with van der Waals surface area (Å²) in [6.07, 6.45) is 2.26. The van der Waals surface area contributed by atoms with Crippen molar-refractivity contribution in [1.29, 1.82) is 0 Å². The molecule has 8 heteroatoms. The van der Waals surface area contributed by atoms with Crippen LogP contribution in [0.3, 0.4) is 0 Å². The van der Waals surface area contributed by atoms with E-state index in [0.717, 1.165) is 56.4 Å². The molecule has 0 aliphatic rings. The highest BCUT2D eigenvalue weighted by Crippen LogP contribution is 2.17. The summed E-state index contributed by atoms with van der Waals surface area (Å²) in [4.78, 5) is 6.63. The van der Waals surface area contributed by atoms with Crippen molar-refractivity contribution >= 4 is 29.9 Å². The van der Waals surface area contributed by atoms with Gasteiger partial charge in [0, 0.05) is 38.9 Å². The third kappa shape index (κ3) is 14.6. The lowest BCUT2D eigenvalue weighted by atomic mass is 10.2. The van der Waals surface area contributed by atoms with Crippen molar-refractivity contribution in [3.63, 3.8) is 0 Å². The first-order valence-corrected chi connectivity index (χ1v) is 11.3. The summed E-state index contributed by atoms with van der Waals surface area (Å²) in [6, 6.07) is 8.13. The van der Waals surface area contributed by atoms with E-state index in [1.165, 1.54) is 0 Å². The Morgan fingerprint density at radius 3 is 2.32 bits per heavy atom. The van der Waals surface area contributed by atoms with Crippen LogP contribution >= 0.6 is 24.0 Å². The van der Waals surface area contributed by atoms with Gasteiger partial charge in [-0.3, -0.25) is 4.99 Å². The van der Waals surface area contributed by atoms with Gasteiger partial charge >= 0.3 is 0 Å². The number of hydrogen-bond acceptors (Lipinski definition) is 5. The molecule has 0 bridgehead atoms. The zero-order valence-corrected chi connectivity index (χ0v) is 22.2. The first-order chi connectivity index (χ1) is 14.7. The van der Waals surface area contributed by atoms with Gasteiger partial charge in [0.1, 0.15) is 12.4 Å². The zero-order valence-electron chi connectivity index (χ0n) is 19.8. The highest BCUT2D eigenvalue weighted by molar-refractivity contribution is 14.0. The summed E-state index contributed by atoms with van der Waals surface area (Å²) in [6.45, 7) is 14.2. The predicted octanol–water partition coefficient (Wildman–Crippen LogP) is 3.52. The summed E-state index contributed by atoms with van der Waals surface area (Å²) in [7, 11) is 1.77. The summed E-state index contributed by atoms with van der Waals surface area (Å²) in [5.74, 6) is 1.66. The molecule has 0 aliphatic heterocycles. The van der Waals surface area contributed by atoms with Crippen molar-refractivity contribution in [2.24, 2.45) is 4.99 Å². The molecule has 0 unspecified atom stereocenters. The molecule has 1 aromatic carbocycles. The molecule has 0 spiro atoms. The van der Waals surface area contributed by atoms with Crippen LogP contribution in [-0.2, 0) is 16.0 Å². The van der Waals surface area contributed by atoms with Crippen LogP contribution in [0.15, 0.2) is 29.3 Å². The molecule has 0 saturated heterocycles. The van der Waals surface area contributed by atoms with Crippen LogP contribution in [-0.4, -0.2) is 77.1 Å². The van der Waals surface area contributed by atoms with Gasteiger partial charge in [0.25, 0.3) is 0 Å². The van der Waals surface area contributed by atoms with Crippen molar-refractivity contribution in [1.82, 2.24) is 15.5 Å². The molecule has 2 N–H and O–H groups in total. The molecule has 0 aromatic heterocycles. The monoisotopic (exact) mass is 550 g/mol. The Kier molecular flexibility index (Phi) is 20.0. The molecule has 0 radical (unpaired) electrons. The lowest BCUT2D eigenvalue weighted by Gasteiger charge is -2.19. The molecule has 7 nitrogen and oxygen atoms in total. The van der Waals surface area contributed by atoms with Crippen LogP contribution in [0, 0.1) is 0 Å². The van der Waals surface area contributed by atoms with E-state index in [1.807, 2.05) is 18.2 Å². The molecule has 0 aliphatic carbocycles. The van der Waals surface area contributed by atoms with Crippen molar-refractivity contribution < 1.29 is 14.2 Å². The largest absolute Gasteiger partial charge is 0.492 e. The third-order valence-electron chi connectivity index (χ3n) is 4.76. The summed E-state index contributed by atoms with van der Waals surface area (Å²) in [5, 5.41) is 6.61. The van der Waals surface area contributed by atoms with E-state index >= 15 is 0 Å². The second kappa shape index (κ2) is 20.8. The molecule has 0 amide bonds. The van der Waals surface area contributed by atoms with Gasteiger partial charge in [-0.2, -0.15) is 0 Å². The Hall–Kier alpha value is -1.10. The van der Waals surface area contributed by atoms with E-state index in [9.17, 15) is 0 Å². The zero-order chi connectivity index (χ0) is 21.9. The number of benzene rings is 1. The lowest BCUT2D eigenvalue weighted by molar-refractivity contribution is 0.0487. The predicted molar refractivity (Wildman–Crippen MR) is 140 cm³/mol. The Balaban J connectivity index is 0.00000900. The summed E-state index contributed by atoms with van der Waals surface area (Å²) < 4.78 is 17.1. The van der Waals surface area contributed by atoms with Crippen LogP contribution in [0.5, 0.6) is 5.75 Å². The number of para-hydroxylation sites is 1. The SMILES string of the molecule is CCCCOCCOCCNC(=NC)NCc1ccccc1OCCN(CC)CC.I. The first kappa shape index (κ1) is 29.9. The van der Waals surface area contributed by atoms with E-state index in [0.29, 0.717) is 39.5 Å². The molecule has 1 rings (SSSR count). The normalized spacial score (nSPS) is 11.3. The minimum atomic E-state index is 0. The van der Waals surface area contributed by atoms with Crippen LogP contribution in [0.25, 0.3) is 0 Å². The number of rotatable bonds is 17. The van der Waals surface area contributed by atoms with Gasteiger partial charge in [-0.1, -0.05) is 45.4 Å². The minimum Gasteiger partial charge on any atom is -0.492 e. The Bertz CT molecular complexity index is 572. The molecule has 31 heavy (non-hydrogen) atoms. The van der Waals surface area contributed by atoms with Crippen LogP contribution in [0.4, 0.5) is 0 Å². The molecule has 180 valence electrons. The van der Waals surface area contributed by atoms with Crippen molar-refractivity contribution in [2.45, 2.75) is 40.2 Å². The average molecular weight is 551 g/mol. The standard InChI is InChI=1S/C23H42N4O3.HI/c1-5-8-15-28-18-19-29-16-13-25-23(24-4)26-20-21-11-9-10-12-22(21)30-17-14-27(6-2)7-3;/h9-12H,5-8,13-20H2,1-4H3,(H2,24,25,26);1H. The van der Waals surface area contributed by atoms with Gasteiger partial charge in [0.15, 0.2) is 5.96 Å². The van der Waals surface area contributed by atoms with E-state index < -0.39 is 0 Å². The van der Waals surface area contributed by atoms with Crippen LogP contribution in [0.1, 0.15) is 39.2 Å². The fraction of sp³-hybridized carbons (Fsp3) is 0.696. The topological polar surface area (TPSA) is 67.3 Å². The van der Waals surface area contributed by atoms with Crippen molar-refractivity contribution in [2.75, 3.05) is 66.3 Å². The lowest BCUT2D eigenvalue weighted by Crippen LogP contribution is -2.38. The molecule has 0 atom stereocenters. The summed E-state index contributed by atoms with van der Waals surface area (Å²) in [5.41, 5.74) is 1.11. The van der Waals surface area contributed by atoms with Gasteiger partial charge in [0.05, 0.1) is 19.8 Å². The maximum atomic E-state index is 6.02. The number of likely N-dealkylation sites (N-methyl/N-ethyl adjacent to an activating group) is 1. The van der Waals surface area contributed by atoms with Gasteiger partial charge in [-0.15, -0.1) is 24.0 Å². The van der Waals surface area contributed by atoms with Crippen molar-refractivity contribution in [3.8, 4) is 5.75 Å². The molecule has 0 heterocycles. The molecule has 1 aromatic rings. The number of guanidine groups is 1. The number of ether oxygens (including phenoxy) is 3. The van der Waals surface area contributed by atoms with Gasteiger partial charge in [-0.05, 0) is 25.6 Å². The first-order valence-electron chi connectivity index (χ1n) is 11.3. The Morgan fingerprint density at radius 1 is 0.935 bits per heavy atom. The fourth-order valence-corrected chi connectivity index (χ4v) is 2.82. The van der Waals surface area contributed by atoms with Gasteiger partial charge in [0.2, 0.25) is 0 Å². The number of aliphatic imine (C=N–C) groups is 1. The fourth-order valence-electron chi connectivity index (χ4n) is 2.82. The number of nitrogens with zero attached hydrogens (tertiary/aromatic N) is 2. The minimum absolute atomic E-state index is 0. The quantitative estimate of drug-likeness (QED) is 0.134. The highest BCUT2D eigenvalue weighted by Gasteiger charge is 2.06. The van der Waals surface area contributed by atoms with Gasteiger partial charge in [-0.25, -0.2) is 0 Å². The molecule has 0 saturated carbocycles. The molecule has 0 fully saturated rings. The second-order valence-electron chi connectivity index (χ2n) is 6.91.